The fraction of sp³-hybridized carbons (Fsp3) is 0.400. The summed E-state index contributed by atoms with van der Waals surface area (Å²) < 4.78 is 0. The normalized spacial score (nSPS) is 16.7. The van der Waals surface area contributed by atoms with Crippen molar-refractivity contribution in [1.29, 1.82) is 0 Å². The molecule has 0 radical (unpaired) electrons. The largest absolute Gasteiger partial charge is 0.480 e. The molecule has 1 fully saturated rings. The fourth-order valence-electron chi connectivity index (χ4n) is 2.77. The Balaban J connectivity index is 2.11. The molecule has 1 unspecified atom stereocenters. The van der Waals surface area contributed by atoms with Crippen LogP contribution in [-0.2, 0) is 11.2 Å². The minimum Gasteiger partial charge on any atom is -0.480 e. The van der Waals surface area contributed by atoms with Gasteiger partial charge in [0.05, 0.1) is 0 Å². The van der Waals surface area contributed by atoms with E-state index >= 15 is 0 Å². The van der Waals surface area contributed by atoms with Gasteiger partial charge in [-0.25, -0.2) is 0 Å². The number of carboxylic acids is 1. The van der Waals surface area contributed by atoms with E-state index in [0.717, 1.165) is 16.8 Å². The van der Waals surface area contributed by atoms with Gasteiger partial charge in [0.25, 0.3) is 0 Å². The van der Waals surface area contributed by atoms with E-state index in [1.54, 1.807) is 0 Å². The zero-order valence-electron chi connectivity index (χ0n) is 10.9. The Kier molecular flexibility index (Phi) is 2.82. The second-order valence-corrected chi connectivity index (χ2v) is 5.42. The van der Waals surface area contributed by atoms with Crippen molar-refractivity contribution in [2.24, 2.45) is 5.73 Å². The number of hydrogen-bond acceptors (Lipinski definition) is 2. The van der Waals surface area contributed by atoms with Gasteiger partial charge in [-0.1, -0.05) is 12.1 Å². The van der Waals surface area contributed by atoms with E-state index in [9.17, 15) is 4.79 Å². The SMILES string of the molecule is Cc1[nH]c2cccc(C3CC3)c2c1CC(N)C(=O)O. The first kappa shape index (κ1) is 12.2. The lowest BCUT2D eigenvalue weighted by molar-refractivity contribution is -0.138. The highest BCUT2D eigenvalue weighted by atomic mass is 16.4. The molecular formula is C15H18N2O2. The van der Waals surface area contributed by atoms with Crippen LogP contribution in [0.4, 0.5) is 0 Å². The predicted molar refractivity (Wildman–Crippen MR) is 74.3 cm³/mol. The molecule has 0 aliphatic heterocycles. The van der Waals surface area contributed by atoms with Crippen molar-refractivity contribution >= 4 is 16.9 Å². The number of aliphatic carboxylic acids is 1. The lowest BCUT2D eigenvalue weighted by Gasteiger charge is -2.09. The Morgan fingerprint density at radius 2 is 2.26 bits per heavy atom. The van der Waals surface area contributed by atoms with E-state index in [1.807, 2.05) is 13.0 Å². The van der Waals surface area contributed by atoms with Crippen LogP contribution < -0.4 is 5.73 Å². The summed E-state index contributed by atoms with van der Waals surface area (Å²) in [5, 5.41) is 10.2. The first-order chi connectivity index (χ1) is 9.08. The van der Waals surface area contributed by atoms with Gasteiger partial charge in [-0.05, 0) is 42.9 Å². The van der Waals surface area contributed by atoms with Crippen LogP contribution in [0, 0.1) is 6.92 Å². The van der Waals surface area contributed by atoms with Crippen molar-refractivity contribution in [3.8, 4) is 0 Å². The van der Waals surface area contributed by atoms with E-state index in [-0.39, 0.29) is 0 Å². The van der Waals surface area contributed by atoms with Gasteiger partial charge in [-0.15, -0.1) is 0 Å². The van der Waals surface area contributed by atoms with Crippen molar-refractivity contribution in [1.82, 2.24) is 4.98 Å². The lowest BCUT2D eigenvalue weighted by atomic mass is 9.97. The molecule has 1 atom stereocenters. The summed E-state index contributed by atoms with van der Waals surface area (Å²) in [6.07, 6.45) is 2.84. The van der Waals surface area contributed by atoms with Crippen LogP contribution in [0.5, 0.6) is 0 Å². The van der Waals surface area contributed by atoms with Gasteiger partial charge in [0.1, 0.15) is 6.04 Å². The van der Waals surface area contributed by atoms with Crippen molar-refractivity contribution in [2.75, 3.05) is 0 Å². The summed E-state index contributed by atoms with van der Waals surface area (Å²) in [5.41, 5.74) is 10.2. The quantitative estimate of drug-likeness (QED) is 0.787. The number of hydrogen-bond donors (Lipinski definition) is 3. The van der Waals surface area contributed by atoms with E-state index in [1.165, 1.54) is 23.8 Å². The molecule has 19 heavy (non-hydrogen) atoms. The van der Waals surface area contributed by atoms with E-state index < -0.39 is 12.0 Å². The summed E-state index contributed by atoms with van der Waals surface area (Å²) in [4.78, 5) is 14.3. The standard InChI is InChI=1S/C15H18N2O2/c1-8-11(7-12(16)15(18)19)14-10(9-5-6-9)3-2-4-13(14)17-8/h2-4,9,12,17H,5-7,16H2,1H3,(H,18,19). The van der Waals surface area contributed by atoms with Gasteiger partial charge in [0, 0.05) is 23.0 Å². The van der Waals surface area contributed by atoms with E-state index in [4.69, 9.17) is 10.8 Å². The molecule has 100 valence electrons. The molecule has 0 amide bonds. The first-order valence-electron chi connectivity index (χ1n) is 6.66. The third kappa shape index (κ3) is 2.12. The van der Waals surface area contributed by atoms with Crippen LogP contribution in [-0.4, -0.2) is 22.1 Å². The van der Waals surface area contributed by atoms with Crippen LogP contribution in [0.25, 0.3) is 10.9 Å². The number of nitrogens with one attached hydrogen (secondary N) is 1. The number of aryl methyl sites for hydroxylation is 1. The van der Waals surface area contributed by atoms with Crippen molar-refractivity contribution in [2.45, 2.75) is 38.1 Å². The van der Waals surface area contributed by atoms with Crippen LogP contribution in [0.2, 0.25) is 0 Å². The van der Waals surface area contributed by atoms with Crippen LogP contribution in [0.1, 0.15) is 35.6 Å². The van der Waals surface area contributed by atoms with Crippen LogP contribution in [0.3, 0.4) is 0 Å². The number of aromatic amines is 1. The number of carboxylic acid groups (broad SMARTS) is 1. The first-order valence-corrected chi connectivity index (χ1v) is 6.66. The molecular weight excluding hydrogens is 240 g/mol. The zero-order chi connectivity index (χ0) is 13.6. The monoisotopic (exact) mass is 258 g/mol. The molecule has 4 nitrogen and oxygen atoms in total. The summed E-state index contributed by atoms with van der Waals surface area (Å²) in [7, 11) is 0. The molecule has 1 aliphatic carbocycles. The maximum absolute atomic E-state index is 11.0. The summed E-state index contributed by atoms with van der Waals surface area (Å²) in [5.74, 6) is -0.309. The number of carbonyl (C=O) groups is 1. The van der Waals surface area contributed by atoms with Crippen LogP contribution in [0.15, 0.2) is 18.2 Å². The van der Waals surface area contributed by atoms with Gasteiger partial charge in [0.2, 0.25) is 0 Å². The fourth-order valence-corrected chi connectivity index (χ4v) is 2.77. The molecule has 1 heterocycles. The average Bonchev–Trinajstić information content (AvgIpc) is 3.15. The molecule has 4 heteroatoms. The molecule has 0 bridgehead atoms. The number of fused-ring (bicyclic) bond motifs is 1. The number of nitrogens with two attached hydrogens (primary N) is 1. The molecule has 2 aromatic rings. The van der Waals surface area contributed by atoms with Gasteiger partial charge in [-0.3, -0.25) is 4.79 Å². The lowest BCUT2D eigenvalue weighted by Crippen LogP contribution is -2.32. The number of benzene rings is 1. The minimum absolute atomic E-state index is 0.380. The summed E-state index contributed by atoms with van der Waals surface area (Å²) in [6, 6.07) is 5.42. The molecule has 3 rings (SSSR count). The van der Waals surface area contributed by atoms with Gasteiger partial charge in [-0.2, -0.15) is 0 Å². The number of rotatable bonds is 4. The minimum atomic E-state index is -0.947. The highest BCUT2D eigenvalue weighted by Crippen LogP contribution is 2.44. The molecule has 0 saturated heterocycles. The highest BCUT2D eigenvalue weighted by Gasteiger charge is 2.27. The zero-order valence-corrected chi connectivity index (χ0v) is 10.9. The molecule has 1 aliphatic rings. The Bertz CT molecular complexity index is 641. The Hall–Kier alpha value is -1.81. The molecule has 1 saturated carbocycles. The summed E-state index contributed by atoms with van der Waals surface area (Å²) >= 11 is 0. The topological polar surface area (TPSA) is 79.1 Å². The molecule has 1 aromatic heterocycles. The maximum atomic E-state index is 11.0. The second kappa shape index (κ2) is 4.38. The Morgan fingerprint density at radius 3 is 2.89 bits per heavy atom. The van der Waals surface area contributed by atoms with Crippen LogP contribution >= 0.6 is 0 Å². The second-order valence-electron chi connectivity index (χ2n) is 5.42. The molecule has 4 N–H and O–H groups in total. The maximum Gasteiger partial charge on any atom is 0.320 e. The third-order valence-electron chi connectivity index (χ3n) is 3.93. The Labute approximate surface area is 111 Å². The third-order valence-corrected chi connectivity index (χ3v) is 3.93. The van der Waals surface area contributed by atoms with E-state index in [2.05, 4.69) is 17.1 Å². The molecule has 0 spiro atoms. The smallest absolute Gasteiger partial charge is 0.320 e. The van der Waals surface area contributed by atoms with Gasteiger partial charge < -0.3 is 15.8 Å². The van der Waals surface area contributed by atoms with Crippen molar-refractivity contribution < 1.29 is 9.90 Å². The van der Waals surface area contributed by atoms with Gasteiger partial charge in [0.15, 0.2) is 0 Å². The Morgan fingerprint density at radius 1 is 1.53 bits per heavy atom. The number of H-pyrrole nitrogens is 1. The molecule has 1 aromatic carbocycles. The van der Waals surface area contributed by atoms with Gasteiger partial charge >= 0.3 is 5.97 Å². The van der Waals surface area contributed by atoms with Crippen molar-refractivity contribution in [3.05, 3.63) is 35.0 Å². The predicted octanol–water partition coefficient (Wildman–Crippen LogP) is 2.31. The highest BCUT2D eigenvalue weighted by molar-refractivity contribution is 5.89. The van der Waals surface area contributed by atoms with Crippen molar-refractivity contribution in [3.63, 3.8) is 0 Å². The average molecular weight is 258 g/mol. The van der Waals surface area contributed by atoms with E-state index in [0.29, 0.717) is 12.3 Å². The number of aromatic nitrogens is 1. The summed E-state index contributed by atoms with van der Waals surface area (Å²) in [6.45, 7) is 1.99.